The summed E-state index contributed by atoms with van der Waals surface area (Å²) in [5, 5.41) is 33.8. The average Bonchev–Trinajstić information content (AvgIpc) is 2.80. The van der Waals surface area contributed by atoms with Gasteiger partial charge in [0.1, 0.15) is 16.9 Å². The van der Waals surface area contributed by atoms with Crippen LogP contribution in [0.5, 0.6) is 11.5 Å². The molecule has 2 rings (SSSR count). The zero-order valence-electron chi connectivity index (χ0n) is 28.9. The van der Waals surface area contributed by atoms with Crippen LogP contribution in [0.15, 0.2) is 24.3 Å². The summed E-state index contributed by atoms with van der Waals surface area (Å²) < 4.78 is 5.82. The minimum absolute atomic E-state index is 0.227. The topological polar surface area (TPSA) is 87.0 Å². The van der Waals surface area contributed by atoms with Gasteiger partial charge in [0.25, 0.3) is 0 Å². The van der Waals surface area contributed by atoms with Crippen LogP contribution in [0.1, 0.15) is 156 Å². The summed E-state index contributed by atoms with van der Waals surface area (Å²) in [5.74, 6) is -0.113. The van der Waals surface area contributed by atoms with Crippen molar-refractivity contribution in [2.45, 2.75) is 156 Å². The molecular weight excluding hydrogens is 524 g/mol. The van der Waals surface area contributed by atoms with Gasteiger partial charge in [-0.1, -0.05) is 127 Å². The van der Waals surface area contributed by atoms with Crippen molar-refractivity contribution in [2.24, 2.45) is 0 Å². The number of carbonyl (C=O) groups excluding carboxylic acids is 1. The van der Waals surface area contributed by atoms with Crippen molar-refractivity contribution in [3.05, 3.63) is 57.6 Å². The van der Waals surface area contributed by atoms with Crippen LogP contribution in [0.2, 0.25) is 0 Å². The van der Waals surface area contributed by atoms with E-state index in [2.05, 4.69) is 6.92 Å². The highest BCUT2D eigenvalue weighted by Crippen LogP contribution is 2.47. The fourth-order valence-electron chi connectivity index (χ4n) is 5.40. The summed E-state index contributed by atoms with van der Waals surface area (Å²) in [7, 11) is 0. The van der Waals surface area contributed by atoms with Gasteiger partial charge in [0, 0.05) is 6.42 Å². The standard InChI is InChI=1S/C37H58O5/c1-15-16-17-18-29(38)42-32(41)37(14,23-19-25(33(2,3)4)30(39)26(20-23)34(5,6)7)24-21-27(35(8,9)10)31(40)28(22-24)36(11,12)13/h19-22,29,38-40H,15-18H2,1-14H3. The molecule has 1 unspecified atom stereocenters. The Morgan fingerprint density at radius 1 is 0.643 bits per heavy atom. The lowest BCUT2D eigenvalue weighted by Gasteiger charge is -2.36. The van der Waals surface area contributed by atoms with Crippen LogP contribution < -0.4 is 0 Å². The number of esters is 1. The van der Waals surface area contributed by atoms with Crippen LogP contribution in [-0.4, -0.2) is 27.6 Å². The Morgan fingerprint density at radius 3 is 1.21 bits per heavy atom. The van der Waals surface area contributed by atoms with Gasteiger partial charge in [-0.15, -0.1) is 0 Å². The second kappa shape index (κ2) is 12.2. The molecule has 0 aliphatic carbocycles. The van der Waals surface area contributed by atoms with Crippen LogP contribution in [-0.2, 0) is 36.6 Å². The molecule has 1 atom stereocenters. The summed E-state index contributed by atoms with van der Waals surface area (Å²) in [6.45, 7) is 28.4. The molecule has 5 nitrogen and oxygen atoms in total. The van der Waals surface area contributed by atoms with Gasteiger partial charge in [-0.25, -0.2) is 0 Å². The number of ether oxygens (including phenoxy) is 1. The molecule has 0 bridgehead atoms. The van der Waals surface area contributed by atoms with E-state index in [1.54, 1.807) is 0 Å². The molecule has 0 aliphatic heterocycles. The number of unbranched alkanes of at least 4 members (excludes halogenated alkanes) is 2. The summed E-state index contributed by atoms with van der Waals surface area (Å²) in [5.41, 5.74) is 1.29. The molecule has 236 valence electrons. The highest BCUT2D eigenvalue weighted by atomic mass is 16.6. The van der Waals surface area contributed by atoms with Crippen LogP contribution >= 0.6 is 0 Å². The predicted molar refractivity (Wildman–Crippen MR) is 174 cm³/mol. The summed E-state index contributed by atoms with van der Waals surface area (Å²) in [4.78, 5) is 14.4. The Bertz CT molecular complexity index is 1110. The van der Waals surface area contributed by atoms with Gasteiger partial charge in [0.2, 0.25) is 6.29 Å². The van der Waals surface area contributed by atoms with Crippen molar-refractivity contribution in [3.8, 4) is 11.5 Å². The highest BCUT2D eigenvalue weighted by Gasteiger charge is 2.44. The summed E-state index contributed by atoms with van der Waals surface area (Å²) >= 11 is 0. The molecule has 0 spiro atoms. The van der Waals surface area contributed by atoms with Crippen molar-refractivity contribution < 1.29 is 24.9 Å². The third-order valence-electron chi connectivity index (χ3n) is 8.31. The lowest BCUT2D eigenvalue weighted by molar-refractivity contribution is -0.173. The molecule has 0 saturated heterocycles. The maximum Gasteiger partial charge on any atom is 0.323 e. The smallest absolute Gasteiger partial charge is 0.323 e. The van der Waals surface area contributed by atoms with Crippen LogP contribution in [0.3, 0.4) is 0 Å². The zero-order valence-corrected chi connectivity index (χ0v) is 28.9. The number of rotatable bonds is 8. The van der Waals surface area contributed by atoms with Crippen molar-refractivity contribution >= 4 is 5.97 Å². The average molecular weight is 583 g/mol. The zero-order chi connectivity index (χ0) is 32.6. The number of phenolic OH excluding ortho intramolecular Hbond substituents is 2. The molecule has 0 saturated carbocycles. The number of hydrogen-bond acceptors (Lipinski definition) is 5. The molecule has 5 heteroatoms. The molecule has 2 aromatic carbocycles. The number of hydrogen-bond donors (Lipinski definition) is 3. The molecular formula is C37H58O5. The van der Waals surface area contributed by atoms with E-state index in [9.17, 15) is 20.1 Å². The Hall–Kier alpha value is -2.53. The molecule has 42 heavy (non-hydrogen) atoms. The highest BCUT2D eigenvalue weighted by molar-refractivity contribution is 5.88. The van der Waals surface area contributed by atoms with E-state index in [0.717, 1.165) is 41.5 Å². The van der Waals surface area contributed by atoms with Crippen molar-refractivity contribution in [3.63, 3.8) is 0 Å². The number of aliphatic hydroxyl groups is 1. The fraction of sp³-hybridized carbons (Fsp3) is 0.649. The molecule has 0 heterocycles. The van der Waals surface area contributed by atoms with E-state index in [1.165, 1.54) is 0 Å². The fourth-order valence-corrected chi connectivity index (χ4v) is 5.40. The SMILES string of the molecule is CCCCCC(O)OC(=O)C(C)(c1cc(C(C)(C)C)c(O)c(C(C)(C)C)c1)c1cc(C(C)(C)C)c(O)c(C(C)(C)C)c1. The summed E-state index contributed by atoms with van der Waals surface area (Å²) in [6.07, 6.45) is 1.82. The maximum atomic E-state index is 14.4. The van der Waals surface area contributed by atoms with E-state index in [4.69, 9.17) is 4.74 Å². The van der Waals surface area contributed by atoms with Gasteiger partial charge in [-0.05, 0) is 68.4 Å². The monoisotopic (exact) mass is 582 g/mol. The largest absolute Gasteiger partial charge is 0.507 e. The van der Waals surface area contributed by atoms with Crippen molar-refractivity contribution in [1.82, 2.24) is 0 Å². The third-order valence-corrected chi connectivity index (χ3v) is 8.31. The number of aromatic hydroxyl groups is 2. The predicted octanol–water partition coefficient (Wildman–Crippen LogP) is 9.04. The first-order valence-electron chi connectivity index (χ1n) is 15.5. The third kappa shape index (κ3) is 7.70. The Morgan fingerprint density at radius 2 is 0.952 bits per heavy atom. The number of phenols is 2. The Balaban J connectivity index is 3.07. The normalized spacial score (nSPS) is 14.2. The van der Waals surface area contributed by atoms with Gasteiger partial charge in [0.15, 0.2) is 0 Å². The number of aliphatic hydroxyl groups excluding tert-OH is 1. The van der Waals surface area contributed by atoms with Gasteiger partial charge in [-0.3, -0.25) is 4.79 Å². The van der Waals surface area contributed by atoms with Crippen molar-refractivity contribution in [1.29, 1.82) is 0 Å². The molecule has 0 fully saturated rings. The van der Waals surface area contributed by atoms with Gasteiger partial charge in [0.05, 0.1) is 0 Å². The molecule has 2 aromatic rings. The Labute approximate surface area is 255 Å². The first-order valence-corrected chi connectivity index (χ1v) is 15.5. The maximum absolute atomic E-state index is 14.4. The molecule has 0 aliphatic rings. The van der Waals surface area contributed by atoms with Crippen LogP contribution in [0.25, 0.3) is 0 Å². The first-order chi connectivity index (χ1) is 18.9. The van der Waals surface area contributed by atoms with Crippen LogP contribution in [0.4, 0.5) is 0 Å². The van der Waals surface area contributed by atoms with E-state index in [-0.39, 0.29) is 11.5 Å². The quantitative estimate of drug-likeness (QED) is 0.164. The van der Waals surface area contributed by atoms with Gasteiger partial charge in [-0.2, -0.15) is 0 Å². The van der Waals surface area contributed by atoms with Crippen molar-refractivity contribution in [2.75, 3.05) is 0 Å². The van der Waals surface area contributed by atoms with E-state index >= 15 is 0 Å². The minimum Gasteiger partial charge on any atom is -0.507 e. The second-order valence-electron chi connectivity index (χ2n) is 16.3. The van der Waals surface area contributed by atoms with E-state index in [0.29, 0.717) is 17.5 Å². The first kappa shape index (κ1) is 35.7. The minimum atomic E-state index is -1.35. The van der Waals surface area contributed by atoms with Gasteiger partial charge < -0.3 is 20.1 Å². The lowest BCUT2D eigenvalue weighted by Crippen LogP contribution is -2.39. The van der Waals surface area contributed by atoms with Gasteiger partial charge >= 0.3 is 5.97 Å². The molecule has 0 radical (unpaired) electrons. The summed E-state index contributed by atoms with van der Waals surface area (Å²) in [6, 6.07) is 7.65. The molecule has 0 amide bonds. The van der Waals surface area contributed by atoms with E-state index < -0.39 is 39.3 Å². The molecule has 0 aromatic heterocycles. The molecule has 3 N–H and O–H groups in total. The number of carbonyl (C=O) groups is 1. The lowest BCUT2D eigenvalue weighted by atomic mass is 9.68. The Kier molecular flexibility index (Phi) is 10.4. The number of benzene rings is 2. The van der Waals surface area contributed by atoms with Crippen LogP contribution in [0, 0.1) is 0 Å². The second-order valence-corrected chi connectivity index (χ2v) is 16.3. The van der Waals surface area contributed by atoms with E-state index in [1.807, 2.05) is 114 Å².